The number of rotatable bonds is 6. The number of hydrogen-bond acceptors (Lipinski definition) is 4. The van der Waals surface area contributed by atoms with Crippen LogP contribution in [0.25, 0.3) is 0 Å². The van der Waals surface area contributed by atoms with Gasteiger partial charge in [-0.15, -0.1) is 0 Å². The van der Waals surface area contributed by atoms with Crippen LogP contribution < -0.4 is 0 Å². The summed E-state index contributed by atoms with van der Waals surface area (Å²) in [5.74, 6) is 0.0526. The second kappa shape index (κ2) is 8.58. The molecule has 1 aliphatic rings. The summed E-state index contributed by atoms with van der Waals surface area (Å²) in [5.41, 5.74) is 2.54. The quantitative estimate of drug-likeness (QED) is 0.739. The monoisotopic (exact) mass is 353 g/mol. The minimum absolute atomic E-state index is 0.0366. The van der Waals surface area contributed by atoms with Crippen molar-refractivity contribution in [3.05, 3.63) is 71.3 Å². The Balaban J connectivity index is 1.62. The molecule has 0 spiro atoms. The number of morpholine rings is 1. The maximum absolute atomic E-state index is 12.6. The molecule has 3 rings (SSSR count). The second-order valence-corrected chi connectivity index (χ2v) is 7.12. The van der Waals surface area contributed by atoms with Crippen molar-refractivity contribution < 1.29 is 14.4 Å². The van der Waals surface area contributed by atoms with Crippen molar-refractivity contribution >= 4 is 5.78 Å². The summed E-state index contributed by atoms with van der Waals surface area (Å²) in [6.45, 7) is 7.75. The Hall–Kier alpha value is -2.01. The zero-order chi connectivity index (χ0) is 18.5. The van der Waals surface area contributed by atoms with E-state index in [-0.39, 0.29) is 24.1 Å². The molecule has 0 saturated carbocycles. The zero-order valence-electron chi connectivity index (χ0n) is 15.7. The molecule has 2 aromatic rings. The fourth-order valence-electron chi connectivity index (χ4n) is 3.44. The number of ketones is 1. The first kappa shape index (κ1) is 18.8. The van der Waals surface area contributed by atoms with Crippen molar-refractivity contribution in [3.63, 3.8) is 0 Å². The predicted octanol–water partition coefficient (Wildman–Crippen LogP) is 3.89. The van der Waals surface area contributed by atoms with Crippen molar-refractivity contribution in [2.24, 2.45) is 0 Å². The van der Waals surface area contributed by atoms with Gasteiger partial charge in [-0.1, -0.05) is 48.5 Å². The first-order chi connectivity index (χ1) is 12.5. The normalized spacial score (nSPS) is 22.1. The van der Waals surface area contributed by atoms with Gasteiger partial charge in [-0.2, -0.15) is 5.06 Å². The second-order valence-electron chi connectivity index (χ2n) is 7.12. The molecule has 138 valence electrons. The molecule has 1 saturated heterocycles. The summed E-state index contributed by atoms with van der Waals surface area (Å²) < 4.78 is 5.74. The highest BCUT2D eigenvalue weighted by Crippen LogP contribution is 2.16. The van der Waals surface area contributed by atoms with Crippen LogP contribution in [0.5, 0.6) is 0 Å². The van der Waals surface area contributed by atoms with E-state index in [2.05, 4.69) is 20.8 Å². The number of nitrogens with zero attached hydrogens (tertiary/aromatic N) is 1. The lowest BCUT2D eigenvalue weighted by Crippen LogP contribution is -2.46. The molecule has 26 heavy (non-hydrogen) atoms. The summed E-state index contributed by atoms with van der Waals surface area (Å²) in [6, 6.07) is 17.2. The molecule has 0 N–H and O–H groups in total. The third-order valence-electron chi connectivity index (χ3n) is 4.46. The average Bonchev–Trinajstić information content (AvgIpc) is 2.61. The lowest BCUT2D eigenvalue weighted by atomic mass is 9.99. The maximum atomic E-state index is 12.6. The molecule has 4 nitrogen and oxygen atoms in total. The Bertz CT molecular complexity index is 721. The van der Waals surface area contributed by atoms with Crippen molar-refractivity contribution in [2.45, 2.75) is 45.5 Å². The van der Waals surface area contributed by atoms with Gasteiger partial charge in [0, 0.05) is 17.5 Å². The average molecular weight is 353 g/mol. The van der Waals surface area contributed by atoms with E-state index in [1.807, 2.05) is 59.7 Å². The van der Waals surface area contributed by atoms with Crippen LogP contribution >= 0.6 is 0 Å². The lowest BCUT2D eigenvalue weighted by molar-refractivity contribution is -0.247. The van der Waals surface area contributed by atoms with E-state index in [0.29, 0.717) is 5.56 Å². The van der Waals surface area contributed by atoms with E-state index in [0.717, 1.165) is 30.6 Å². The van der Waals surface area contributed by atoms with Crippen LogP contribution in [0.2, 0.25) is 0 Å². The molecule has 3 atom stereocenters. The fourth-order valence-corrected chi connectivity index (χ4v) is 3.44. The number of ether oxygens (including phenoxy) is 1. The standard InChI is InChI=1S/C22H27NO3/c1-16(26-23-14-17(2)25-18(3)15-23)12-19-8-7-11-21(13-19)22(24)20-9-5-4-6-10-20/h4-11,13,16-18H,12,14-15H2,1-3H3. The van der Waals surface area contributed by atoms with E-state index in [1.54, 1.807) is 0 Å². The van der Waals surface area contributed by atoms with Crippen molar-refractivity contribution in [1.29, 1.82) is 0 Å². The number of carbonyl (C=O) groups is 1. The van der Waals surface area contributed by atoms with E-state index < -0.39 is 0 Å². The summed E-state index contributed by atoms with van der Waals surface area (Å²) >= 11 is 0. The summed E-state index contributed by atoms with van der Waals surface area (Å²) in [4.78, 5) is 18.7. The van der Waals surface area contributed by atoms with Gasteiger partial charge in [0.2, 0.25) is 0 Å². The molecular formula is C22H27NO3. The lowest BCUT2D eigenvalue weighted by Gasteiger charge is -2.35. The van der Waals surface area contributed by atoms with Gasteiger partial charge < -0.3 is 4.74 Å². The molecule has 0 aromatic heterocycles. The van der Waals surface area contributed by atoms with Gasteiger partial charge in [-0.3, -0.25) is 9.63 Å². The van der Waals surface area contributed by atoms with Gasteiger partial charge >= 0.3 is 0 Å². The molecule has 4 heteroatoms. The third kappa shape index (κ3) is 5.01. The molecule has 1 fully saturated rings. The molecule has 0 bridgehead atoms. The first-order valence-electron chi connectivity index (χ1n) is 9.27. The number of hydrogen-bond donors (Lipinski definition) is 0. The van der Waals surface area contributed by atoms with Crippen molar-refractivity contribution in [1.82, 2.24) is 5.06 Å². The molecule has 0 aliphatic carbocycles. The Morgan fingerprint density at radius 3 is 2.42 bits per heavy atom. The molecule has 1 heterocycles. The molecule has 3 unspecified atom stereocenters. The topological polar surface area (TPSA) is 38.8 Å². The van der Waals surface area contributed by atoms with Crippen LogP contribution in [-0.2, 0) is 16.0 Å². The Morgan fingerprint density at radius 2 is 1.73 bits per heavy atom. The zero-order valence-corrected chi connectivity index (χ0v) is 15.7. The number of carbonyl (C=O) groups excluding carboxylic acids is 1. The van der Waals surface area contributed by atoms with Crippen molar-refractivity contribution in [2.75, 3.05) is 13.1 Å². The van der Waals surface area contributed by atoms with Crippen molar-refractivity contribution in [3.8, 4) is 0 Å². The number of hydroxylamine groups is 2. The van der Waals surface area contributed by atoms with Crippen LogP contribution in [0.4, 0.5) is 0 Å². The fraction of sp³-hybridized carbons (Fsp3) is 0.409. The third-order valence-corrected chi connectivity index (χ3v) is 4.46. The van der Waals surface area contributed by atoms with Gasteiger partial charge in [0.05, 0.1) is 31.4 Å². The van der Waals surface area contributed by atoms with Gasteiger partial charge in [0.15, 0.2) is 5.78 Å². The van der Waals surface area contributed by atoms with Gasteiger partial charge in [-0.05, 0) is 32.4 Å². The maximum Gasteiger partial charge on any atom is 0.193 e. The Kier molecular flexibility index (Phi) is 6.20. The summed E-state index contributed by atoms with van der Waals surface area (Å²) in [5, 5.41) is 2.00. The molecule has 1 aliphatic heterocycles. The minimum Gasteiger partial charge on any atom is -0.373 e. The Morgan fingerprint density at radius 1 is 1.08 bits per heavy atom. The van der Waals surface area contributed by atoms with Crippen LogP contribution in [0.1, 0.15) is 42.3 Å². The van der Waals surface area contributed by atoms with E-state index in [1.165, 1.54) is 0 Å². The predicted molar refractivity (Wildman–Crippen MR) is 102 cm³/mol. The summed E-state index contributed by atoms with van der Waals surface area (Å²) in [7, 11) is 0. The van der Waals surface area contributed by atoms with E-state index in [4.69, 9.17) is 9.57 Å². The SMILES string of the molecule is CC1CN(OC(C)Cc2cccc(C(=O)c3ccccc3)c2)CC(C)O1. The minimum atomic E-state index is 0.0366. The molecule has 0 radical (unpaired) electrons. The van der Waals surface area contributed by atoms with Crippen LogP contribution in [-0.4, -0.2) is 42.2 Å². The van der Waals surface area contributed by atoms with E-state index >= 15 is 0 Å². The summed E-state index contributed by atoms with van der Waals surface area (Å²) in [6.07, 6.45) is 1.15. The van der Waals surface area contributed by atoms with Crippen LogP contribution in [0, 0.1) is 0 Å². The largest absolute Gasteiger partial charge is 0.373 e. The smallest absolute Gasteiger partial charge is 0.193 e. The van der Waals surface area contributed by atoms with Gasteiger partial charge in [0.25, 0.3) is 0 Å². The van der Waals surface area contributed by atoms with Gasteiger partial charge in [0.1, 0.15) is 0 Å². The Labute approximate surface area is 155 Å². The molecular weight excluding hydrogens is 326 g/mol. The highest BCUT2D eigenvalue weighted by atomic mass is 16.7. The number of benzene rings is 2. The first-order valence-corrected chi connectivity index (χ1v) is 9.27. The molecule has 2 aromatic carbocycles. The highest BCUT2D eigenvalue weighted by molar-refractivity contribution is 6.09. The van der Waals surface area contributed by atoms with Crippen LogP contribution in [0.15, 0.2) is 54.6 Å². The van der Waals surface area contributed by atoms with E-state index in [9.17, 15) is 4.79 Å². The molecule has 0 amide bonds. The van der Waals surface area contributed by atoms with Crippen LogP contribution in [0.3, 0.4) is 0 Å². The highest BCUT2D eigenvalue weighted by Gasteiger charge is 2.24. The van der Waals surface area contributed by atoms with Gasteiger partial charge in [-0.25, -0.2) is 0 Å².